The fraction of sp³-hybridized carbons (Fsp3) is 0.500. The number of furan rings is 1. The van der Waals surface area contributed by atoms with E-state index in [-0.39, 0.29) is 29.2 Å². The zero-order valence-corrected chi connectivity index (χ0v) is 24.9. The second-order valence-electron chi connectivity index (χ2n) is 12.4. The highest BCUT2D eigenvalue weighted by Gasteiger charge is 2.51. The molecule has 1 aromatic carbocycles. The number of Topliss-reactive ketones (excluding diaryl/α,β-unsaturated/α-hetero) is 1. The number of carbonyl (C=O) groups excluding carboxylic acids is 2. The third-order valence-electron chi connectivity index (χ3n) is 8.64. The third-order valence-corrected chi connectivity index (χ3v) is 8.64. The van der Waals surface area contributed by atoms with Crippen molar-refractivity contribution < 1.29 is 14.0 Å². The smallest absolute Gasteiger partial charge is 0.230 e. The summed E-state index contributed by atoms with van der Waals surface area (Å²) in [6.07, 6.45) is 10.3. The van der Waals surface area contributed by atoms with Gasteiger partial charge in [0, 0.05) is 35.7 Å². The molecule has 6 rings (SSSR count). The SMILES string of the molecule is CC(C)CC(CC(C)C(=O)C1CCC1)NC(=O)C1(c2ccncc2)CC1.Cc1nc(C)c2oc3ccccc3c2n1. The molecule has 3 aromatic heterocycles. The van der Waals surface area contributed by atoms with Crippen molar-refractivity contribution in [1.82, 2.24) is 20.3 Å². The molecule has 1 amide bonds. The molecule has 7 nitrogen and oxygen atoms in total. The summed E-state index contributed by atoms with van der Waals surface area (Å²) in [5, 5.41) is 4.36. The maximum atomic E-state index is 13.1. The van der Waals surface area contributed by atoms with Crippen molar-refractivity contribution in [3.05, 3.63) is 65.9 Å². The average molecular weight is 555 g/mol. The van der Waals surface area contributed by atoms with Crippen molar-refractivity contribution >= 4 is 33.8 Å². The first-order valence-electron chi connectivity index (χ1n) is 15.1. The van der Waals surface area contributed by atoms with Crippen LogP contribution in [0.4, 0.5) is 0 Å². The van der Waals surface area contributed by atoms with Crippen molar-refractivity contribution in [3.63, 3.8) is 0 Å². The Hall–Kier alpha value is -3.61. The molecule has 2 atom stereocenters. The summed E-state index contributed by atoms with van der Waals surface area (Å²) in [6, 6.07) is 11.9. The van der Waals surface area contributed by atoms with Crippen molar-refractivity contribution in [3.8, 4) is 0 Å². The highest BCUT2D eigenvalue weighted by Crippen LogP contribution is 2.48. The minimum Gasteiger partial charge on any atom is -0.452 e. The van der Waals surface area contributed by atoms with Gasteiger partial charge in [-0.3, -0.25) is 14.6 Å². The number of para-hydroxylation sites is 1. The quantitative estimate of drug-likeness (QED) is 0.238. The molecule has 2 fully saturated rings. The van der Waals surface area contributed by atoms with E-state index in [0.717, 1.165) is 77.7 Å². The number of aryl methyl sites for hydroxylation is 2. The molecule has 216 valence electrons. The van der Waals surface area contributed by atoms with E-state index in [2.05, 4.69) is 34.1 Å². The Balaban J connectivity index is 0.000000189. The van der Waals surface area contributed by atoms with Crippen LogP contribution in [0.25, 0.3) is 22.1 Å². The maximum absolute atomic E-state index is 13.1. The number of pyridine rings is 1. The van der Waals surface area contributed by atoms with E-state index >= 15 is 0 Å². The van der Waals surface area contributed by atoms with Gasteiger partial charge in [-0.15, -0.1) is 0 Å². The monoisotopic (exact) mass is 554 g/mol. The van der Waals surface area contributed by atoms with Crippen LogP contribution in [0, 0.1) is 31.6 Å². The van der Waals surface area contributed by atoms with E-state index < -0.39 is 0 Å². The van der Waals surface area contributed by atoms with E-state index in [9.17, 15) is 9.59 Å². The van der Waals surface area contributed by atoms with Gasteiger partial charge in [0.05, 0.1) is 11.1 Å². The third kappa shape index (κ3) is 6.34. The van der Waals surface area contributed by atoms with Gasteiger partial charge in [-0.05, 0) is 88.1 Å². The first kappa shape index (κ1) is 28.9. The molecule has 0 spiro atoms. The number of carbonyl (C=O) groups is 2. The number of rotatable bonds is 9. The molecule has 41 heavy (non-hydrogen) atoms. The van der Waals surface area contributed by atoms with Gasteiger partial charge in [-0.25, -0.2) is 9.97 Å². The molecule has 7 heteroatoms. The highest BCUT2D eigenvalue weighted by molar-refractivity contribution is 6.02. The van der Waals surface area contributed by atoms with Crippen molar-refractivity contribution in [2.45, 2.75) is 91.0 Å². The van der Waals surface area contributed by atoms with E-state index in [1.807, 2.05) is 57.2 Å². The normalized spacial score (nSPS) is 17.4. The van der Waals surface area contributed by atoms with Crippen molar-refractivity contribution in [2.75, 3.05) is 0 Å². The van der Waals surface area contributed by atoms with Gasteiger partial charge < -0.3 is 9.73 Å². The first-order valence-corrected chi connectivity index (χ1v) is 15.1. The minimum absolute atomic E-state index is 0.0282. The molecule has 1 N–H and O–H groups in total. The van der Waals surface area contributed by atoms with Crippen LogP contribution >= 0.6 is 0 Å². The fourth-order valence-corrected chi connectivity index (χ4v) is 6.06. The molecule has 0 aliphatic heterocycles. The number of benzene rings is 1. The summed E-state index contributed by atoms with van der Waals surface area (Å²) >= 11 is 0. The van der Waals surface area contributed by atoms with Gasteiger partial charge in [0.25, 0.3) is 0 Å². The number of aromatic nitrogens is 3. The lowest BCUT2D eigenvalue weighted by molar-refractivity contribution is -0.130. The average Bonchev–Trinajstić information content (AvgIpc) is 3.64. The minimum atomic E-state index is -0.376. The number of hydrogen-bond donors (Lipinski definition) is 1. The van der Waals surface area contributed by atoms with Gasteiger partial charge in [0.2, 0.25) is 5.91 Å². The standard InChI is InChI=1S/C22H32N2O2.C12H10N2O/c1-15(2)13-19(14-16(3)20(25)17-5-4-6-17)24-21(26)22(9-10-22)18-7-11-23-12-8-18;1-7-12-11(14-8(2)13-7)9-5-3-4-6-10(9)15-12/h7-8,11-12,15-17,19H,4-6,9-10,13-14H2,1-3H3,(H,24,26);3-6H,1-2H3. The second kappa shape index (κ2) is 12.1. The summed E-state index contributed by atoms with van der Waals surface area (Å²) in [5.41, 5.74) is 4.16. The summed E-state index contributed by atoms with van der Waals surface area (Å²) in [7, 11) is 0. The Morgan fingerprint density at radius 3 is 2.34 bits per heavy atom. The largest absolute Gasteiger partial charge is 0.452 e. The van der Waals surface area contributed by atoms with Crippen LogP contribution in [-0.2, 0) is 15.0 Å². The number of nitrogens with one attached hydrogen (secondary N) is 1. The molecule has 2 saturated carbocycles. The van der Waals surface area contributed by atoms with E-state index in [0.29, 0.717) is 11.7 Å². The summed E-state index contributed by atoms with van der Waals surface area (Å²) in [6.45, 7) is 10.2. The number of fused-ring (bicyclic) bond motifs is 3. The lowest BCUT2D eigenvalue weighted by atomic mass is 9.76. The molecule has 0 saturated heterocycles. The Morgan fingerprint density at radius 2 is 1.71 bits per heavy atom. The Bertz CT molecular complexity index is 1520. The maximum Gasteiger partial charge on any atom is 0.230 e. The molecule has 4 aromatic rings. The number of nitrogens with zero attached hydrogens (tertiary/aromatic N) is 3. The second-order valence-corrected chi connectivity index (χ2v) is 12.4. The lowest BCUT2D eigenvalue weighted by Crippen LogP contribution is -2.44. The molecule has 2 aliphatic rings. The predicted octanol–water partition coefficient (Wildman–Crippen LogP) is 7.03. The number of amides is 1. The molecular weight excluding hydrogens is 512 g/mol. The van der Waals surface area contributed by atoms with Crippen LogP contribution in [0.15, 0.2) is 53.2 Å². The van der Waals surface area contributed by atoms with E-state index in [1.165, 1.54) is 6.42 Å². The zero-order chi connectivity index (χ0) is 29.1. The van der Waals surface area contributed by atoms with E-state index in [4.69, 9.17) is 4.42 Å². The van der Waals surface area contributed by atoms with Gasteiger partial charge in [-0.1, -0.05) is 39.3 Å². The summed E-state index contributed by atoms with van der Waals surface area (Å²) in [4.78, 5) is 38.4. The van der Waals surface area contributed by atoms with E-state index in [1.54, 1.807) is 12.4 Å². The van der Waals surface area contributed by atoms with Gasteiger partial charge in [0.15, 0.2) is 5.58 Å². The molecule has 3 heterocycles. The summed E-state index contributed by atoms with van der Waals surface area (Å²) < 4.78 is 5.71. The van der Waals surface area contributed by atoms with Crippen molar-refractivity contribution in [1.29, 1.82) is 0 Å². The zero-order valence-electron chi connectivity index (χ0n) is 24.9. The Labute approximate surface area is 242 Å². The number of ketones is 1. The topological polar surface area (TPSA) is 98.0 Å². The van der Waals surface area contributed by atoms with Crippen LogP contribution in [0.5, 0.6) is 0 Å². The molecule has 2 unspecified atom stereocenters. The van der Waals surface area contributed by atoms with Crippen LogP contribution in [-0.4, -0.2) is 32.7 Å². The van der Waals surface area contributed by atoms with Gasteiger partial charge in [-0.2, -0.15) is 0 Å². The first-order chi connectivity index (χ1) is 19.7. The molecule has 0 radical (unpaired) electrons. The van der Waals surface area contributed by atoms with Gasteiger partial charge in [0.1, 0.15) is 22.7 Å². The van der Waals surface area contributed by atoms with Crippen LogP contribution in [0.2, 0.25) is 0 Å². The molecule has 0 bridgehead atoms. The van der Waals surface area contributed by atoms with Gasteiger partial charge >= 0.3 is 0 Å². The molecule has 2 aliphatic carbocycles. The number of hydrogen-bond acceptors (Lipinski definition) is 6. The lowest BCUT2D eigenvalue weighted by Gasteiger charge is -2.30. The Kier molecular flexibility index (Phi) is 8.52. The van der Waals surface area contributed by atoms with Crippen LogP contribution in [0.3, 0.4) is 0 Å². The van der Waals surface area contributed by atoms with Crippen LogP contribution < -0.4 is 5.32 Å². The fourth-order valence-electron chi connectivity index (χ4n) is 6.06. The van der Waals surface area contributed by atoms with Crippen LogP contribution in [0.1, 0.15) is 82.8 Å². The molecular formula is C34H42N4O3. The predicted molar refractivity (Wildman–Crippen MR) is 161 cm³/mol. The van der Waals surface area contributed by atoms with Crippen molar-refractivity contribution in [2.24, 2.45) is 17.8 Å². The highest BCUT2D eigenvalue weighted by atomic mass is 16.3. The summed E-state index contributed by atoms with van der Waals surface area (Å²) in [5.74, 6) is 2.09. The Morgan fingerprint density at radius 1 is 1.00 bits per heavy atom.